The molecule has 0 aliphatic rings. The summed E-state index contributed by atoms with van der Waals surface area (Å²) in [5.74, 6) is -1.09. The summed E-state index contributed by atoms with van der Waals surface area (Å²) in [7, 11) is 0. The molecule has 0 aliphatic heterocycles. The standard InChI is InChI=1S/C13H15FN4O2/c1-8(6-11(19)20)7-18-13(15-16-17-18)10-5-3-4-9(2)12(10)14/h3-5,8H,6-7H2,1-2H3,(H,19,20). The summed E-state index contributed by atoms with van der Waals surface area (Å²) in [5, 5.41) is 20.0. The summed E-state index contributed by atoms with van der Waals surface area (Å²) in [6.07, 6.45) is 0.00952. The molecule has 0 saturated carbocycles. The van der Waals surface area contributed by atoms with E-state index in [1.807, 2.05) is 0 Å². The number of rotatable bonds is 5. The highest BCUT2D eigenvalue weighted by Gasteiger charge is 2.17. The lowest BCUT2D eigenvalue weighted by molar-refractivity contribution is -0.138. The second-order valence-corrected chi connectivity index (χ2v) is 4.82. The molecule has 6 nitrogen and oxygen atoms in total. The fraction of sp³-hybridized carbons (Fsp3) is 0.385. The molecule has 2 aromatic rings. The molecule has 106 valence electrons. The average molecular weight is 278 g/mol. The number of tetrazole rings is 1. The van der Waals surface area contributed by atoms with Crippen molar-refractivity contribution in [3.05, 3.63) is 29.6 Å². The molecule has 0 fully saturated rings. The molecule has 0 spiro atoms. The summed E-state index contributed by atoms with van der Waals surface area (Å²) in [4.78, 5) is 10.7. The minimum absolute atomic E-state index is 0.00952. The highest BCUT2D eigenvalue weighted by Crippen LogP contribution is 2.23. The van der Waals surface area contributed by atoms with Crippen LogP contribution in [0, 0.1) is 18.7 Å². The Morgan fingerprint density at radius 1 is 1.50 bits per heavy atom. The summed E-state index contributed by atoms with van der Waals surface area (Å²) in [5.41, 5.74) is 0.827. The van der Waals surface area contributed by atoms with Gasteiger partial charge in [0.05, 0.1) is 5.56 Å². The van der Waals surface area contributed by atoms with Crippen LogP contribution in [-0.4, -0.2) is 31.3 Å². The van der Waals surface area contributed by atoms with Crippen molar-refractivity contribution in [2.24, 2.45) is 5.92 Å². The summed E-state index contributed by atoms with van der Waals surface area (Å²) in [6, 6.07) is 5.00. The Kier molecular flexibility index (Phi) is 4.07. The second-order valence-electron chi connectivity index (χ2n) is 4.82. The van der Waals surface area contributed by atoms with Gasteiger partial charge < -0.3 is 5.11 Å². The van der Waals surface area contributed by atoms with E-state index in [0.717, 1.165) is 0 Å². The maximum Gasteiger partial charge on any atom is 0.303 e. The van der Waals surface area contributed by atoms with Crippen LogP contribution in [0.15, 0.2) is 18.2 Å². The molecular weight excluding hydrogens is 263 g/mol. The van der Waals surface area contributed by atoms with Gasteiger partial charge in [0.1, 0.15) is 5.82 Å². The highest BCUT2D eigenvalue weighted by atomic mass is 19.1. The lowest BCUT2D eigenvalue weighted by Crippen LogP contribution is -2.14. The van der Waals surface area contributed by atoms with Gasteiger partial charge in [0.15, 0.2) is 5.82 Å². The molecule has 0 radical (unpaired) electrons. The van der Waals surface area contributed by atoms with Crippen molar-refractivity contribution in [3.8, 4) is 11.4 Å². The molecule has 1 aromatic carbocycles. The molecule has 1 unspecified atom stereocenters. The molecule has 1 heterocycles. The van der Waals surface area contributed by atoms with E-state index in [4.69, 9.17) is 5.11 Å². The predicted octanol–water partition coefficient (Wildman–Crippen LogP) is 1.90. The van der Waals surface area contributed by atoms with E-state index in [1.165, 1.54) is 4.68 Å². The van der Waals surface area contributed by atoms with Crippen molar-refractivity contribution in [2.45, 2.75) is 26.8 Å². The first-order valence-corrected chi connectivity index (χ1v) is 6.22. The first kappa shape index (κ1) is 14.1. The Bertz CT molecular complexity index is 627. The predicted molar refractivity (Wildman–Crippen MR) is 69.4 cm³/mol. The van der Waals surface area contributed by atoms with Crippen LogP contribution >= 0.6 is 0 Å². The zero-order valence-electron chi connectivity index (χ0n) is 11.2. The van der Waals surface area contributed by atoms with Gasteiger partial charge in [-0.15, -0.1) is 5.10 Å². The van der Waals surface area contributed by atoms with Crippen LogP contribution < -0.4 is 0 Å². The van der Waals surface area contributed by atoms with E-state index >= 15 is 0 Å². The number of aryl methyl sites for hydroxylation is 1. The third-order valence-electron chi connectivity index (χ3n) is 2.97. The number of carbonyl (C=O) groups is 1. The van der Waals surface area contributed by atoms with E-state index in [-0.39, 0.29) is 18.2 Å². The van der Waals surface area contributed by atoms with Gasteiger partial charge in [-0.25, -0.2) is 9.07 Å². The van der Waals surface area contributed by atoms with Crippen LogP contribution in [-0.2, 0) is 11.3 Å². The van der Waals surface area contributed by atoms with Gasteiger partial charge in [0.2, 0.25) is 0 Å². The van der Waals surface area contributed by atoms with E-state index < -0.39 is 5.97 Å². The lowest BCUT2D eigenvalue weighted by Gasteiger charge is -2.10. The number of hydrogen-bond donors (Lipinski definition) is 1. The Morgan fingerprint density at radius 3 is 2.95 bits per heavy atom. The van der Waals surface area contributed by atoms with Crippen molar-refractivity contribution in [2.75, 3.05) is 0 Å². The van der Waals surface area contributed by atoms with Gasteiger partial charge in [-0.05, 0) is 34.9 Å². The Hall–Kier alpha value is -2.31. The van der Waals surface area contributed by atoms with Gasteiger partial charge in [-0.3, -0.25) is 4.79 Å². The van der Waals surface area contributed by atoms with Crippen molar-refractivity contribution in [1.82, 2.24) is 20.2 Å². The Labute approximate surface area is 115 Å². The van der Waals surface area contributed by atoms with Gasteiger partial charge in [-0.1, -0.05) is 19.1 Å². The van der Waals surface area contributed by atoms with Crippen molar-refractivity contribution >= 4 is 5.97 Å². The van der Waals surface area contributed by atoms with Crippen molar-refractivity contribution in [1.29, 1.82) is 0 Å². The lowest BCUT2D eigenvalue weighted by atomic mass is 10.1. The number of hydrogen-bond acceptors (Lipinski definition) is 4. The smallest absolute Gasteiger partial charge is 0.303 e. The maximum atomic E-state index is 14.1. The summed E-state index contributed by atoms with van der Waals surface area (Å²) in [6.45, 7) is 3.77. The maximum absolute atomic E-state index is 14.1. The number of nitrogens with zero attached hydrogens (tertiary/aromatic N) is 4. The number of halogens is 1. The molecule has 2 rings (SSSR count). The first-order valence-electron chi connectivity index (χ1n) is 6.22. The van der Waals surface area contributed by atoms with Gasteiger partial charge in [-0.2, -0.15) is 0 Å². The number of aromatic nitrogens is 4. The van der Waals surface area contributed by atoms with Gasteiger partial charge >= 0.3 is 5.97 Å². The Morgan fingerprint density at radius 2 is 2.25 bits per heavy atom. The second kappa shape index (κ2) is 5.77. The normalized spacial score (nSPS) is 12.3. The fourth-order valence-corrected chi connectivity index (χ4v) is 2.00. The number of carboxylic acid groups (broad SMARTS) is 1. The Balaban J connectivity index is 2.29. The zero-order valence-corrected chi connectivity index (χ0v) is 11.2. The number of aliphatic carboxylic acids is 1. The molecular formula is C13H15FN4O2. The van der Waals surface area contributed by atoms with Crippen LogP contribution in [0.1, 0.15) is 18.9 Å². The van der Waals surface area contributed by atoms with Crippen LogP contribution in [0.4, 0.5) is 4.39 Å². The number of benzene rings is 1. The van der Waals surface area contributed by atoms with Gasteiger partial charge in [0.25, 0.3) is 0 Å². The molecule has 0 amide bonds. The summed E-state index contributed by atoms with van der Waals surface area (Å²) < 4.78 is 15.5. The minimum Gasteiger partial charge on any atom is -0.481 e. The molecule has 0 aliphatic carbocycles. The van der Waals surface area contributed by atoms with E-state index in [0.29, 0.717) is 23.5 Å². The zero-order chi connectivity index (χ0) is 14.7. The van der Waals surface area contributed by atoms with Crippen LogP contribution in [0.2, 0.25) is 0 Å². The topological polar surface area (TPSA) is 80.9 Å². The van der Waals surface area contributed by atoms with Crippen LogP contribution in [0.25, 0.3) is 11.4 Å². The quantitative estimate of drug-likeness (QED) is 0.903. The highest BCUT2D eigenvalue weighted by molar-refractivity contribution is 5.67. The largest absolute Gasteiger partial charge is 0.481 e. The average Bonchev–Trinajstić information content (AvgIpc) is 2.79. The SMILES string of the molecule is Cc1cccc(-c2nnnn2CC(C)CC(=O)O)c1F. The van der Waals surface area contributed by atoms with Gasteiger partial charge in [0, 0.05) is 13.0 Å². The molecule has 0 bridgehead atoms. The van der Waals surface area contributed by atoms with E-state index in [1.54, 1.807) is 32.0 Å². The van der Waals surface area contributed by atoms with Crippen molar-refractivity contribution in [3.63, 3.8) is 0 Å². The first-order chi connectivity index (χ1) is 9.49. The fourth-order valence-electron chi connectivity index (χ4n) is 2.00. The monoisotopic (exact) mass is 278 g/mol. The third kappa shape index (κ3) is 2.98. The molecule has 1 N–H and O–H groups in total. The molecule has 1 atom stereocenters. The van der Waals surface area contributed by atoms with Crippen LogP contribution in [0.3, 0.4) is 0 Å². The third-order valence-corrected chi connectivity index (χ3v) is 2.97. The van der Waals surface area contributed by atoms with Crippen LogP contribution in [0.5, 0.6) is 0 Å². The molecule has 20 heavy (non-hydrogen) atoms. The van der Waals surface area contributed by atoms with Crippen molar-refractivity contribution < 1.29 is 14.3 Å². The van der Waals surface area contributed by atoms with E-state index in [2.05, 4.69) is 15.5 Å². The molecule has 1 aromatic heterocycles. The van der Waals surface area contributed by atoms with E-state index in [9.17, 15) is 9.18 Å². The number of carboxylic acids is 1. The minimum atomic E-state index is -0.881. The molecule has 0 saturated heterocycles. The molecule has 7 heteroatoms. The summed E-state index contributed by atoms with van der Waals surface area (Å²) >= 11 is 0.